The monoisotopic (exact) mass is 164 g/mol. The predicted octanol–water partition coefficient (Wildman–Crippen LogP) is 0.311. The standard InChI is InChI=1S/C8H12N4/c1-2-11-8(12-9)7-4-3-5-10-6-7/h3-6H,2,9H2,1H3,(H,11,12). The lowest BCUT2D eigenvalue weighted by atomic mass is 10.3. The van der Waals surface area contributed by atoms with E-state index >= 15 is 0 Å². The van der Waals surface area contributed by atoms with E-state index in [1.807, 2.05) is 19.1 Å². The van der Waals surface area contributed by atoms with E-state index in [0.29, 0.717) is 12.4 Å². The summed E-state index contributed by atoms with van der Waals surface area (Å²) in [6.07, 6.45) is 3.43. The summed E-state index contributed by atoms with van der Waals surface area (Å²) in [5.74, 6) is 5.95. The SMILES string of the molecule is CCN=C(NN)c1cccnc1. The largest absolute Gasteiger partial charge is 0.308 e. The van der Waals surface area contributed by atoms with Gasteiger partial charge in [0, 0.05) is 24.5 Å². The van der Waals surface area contributed by atoms with Gasteiger partial charge in [-0.1, -0.05) is 0 Å². The minimum atomic E-state index is 0.672. The number of nitrogens with zero attached hydrogens (tertiary/aromatic N) is 2. The maximum atomic E-state index is 5.28. The van der Waals surface area contributed by atoms with Crippen molar-refractivity contribution in [2.75, 3.05) is 6.54 Å². The molecule has 4 nitrogen and oxygen atoms in total. The second kappa shape index (κ2) is 4.46. The van der Waals surface area contributed by atoms with Crippen molar-refractivity contribution in [3.05, 3.63) is 30.1 Å². The smallest absolute Gasteiger partial charge is 0.144 e. The Morgan fingerprint density at radius 2 is 2.58 bits per heavy atom. The predicted molar refractivity (Wildman–Crippen MR) is 48.6 cm³/mol. The van der Waals surface area contributed by atoms with Gasteiger partial charge in [-0.25, -0.2) is 5.84 Å². The van der Waals surface area contributed by atoms with Crippen LogP contribution in [0.4, 0.5) is 0 Å². The first-order valence-electron chi connectivity index (χ1n) is 3.80. The lowest BCUT2D eigenvalue weighted by Crippen LogP contribution is -2.31. The van der Waals surface area contributed by atoms with Crippen LogP contribution in [-0.4, -0.2) is 17.4 Å². The molecule has 0 saturated heterocycles. The van der Waals surface area contributed by atoms with Crippen molar-refractivity contribution in [2.45, 2.75) is 6.92 Å². The molecule has 0 unspecified atom stereocenters. The van der Waals surface area contributed by atoms with Gasteiger partial charge in [-0.05, 0) is 19.1 Å². The van der Waals surface area contributed by atoms with E-state index in [-0.39, 0.29) is 0 Å². The first kappa shape index (κ1) is 8.67. The van der Waals surface area contributed by atoms with Gasteiger partial charge in [0.25, 0.3) is 0 Å². The zero-order valence-corrected chi connectivity index (χ0v) is 6.99. The molecule has 0 aliphatic rings. The van der Waals surface area contributed by atoms with Crippen LogP contribution in [0.3, 0.4) is 0 Å². The molecule has 0 atom stereocenters. The van der Waals surface area contributed by atoms with E-state index in [0.717, 1.165) is 5.56 Å². The van der Waals surface area contributed by atoms with Crippen molar-refractivity contribution in [1.82, 2.24) is 10.4 Å². The van der Waals surface area contributed by atoms with Crippen molar-refractivity contribution < 1.29 is 0 Å². The highest BCUT2D eigenvalue weighted by atomic mass is 15.2. The van der Waals surface area contributed by atoms with Gasteiger partial charge >= 0.3 is 0 Å². The molecular formula is C8H12N4. The zero-order valence-electron chi connectivity index (χ0n) is 6.99. The van der Waals surface area contributed by atoms with E-state index in [1.54, 1.807) is 12.4 Å². The third-order valence-electron chi connectivity index (χ3n) is 1.39. The number of hydrazine groups is 1. The van der Waals surface area contributed by atoms with Crippen molar-refractivity contribution >= 4 is 5.84 Å². The lowest BCUT2D eigenvalue weighted by Gasteiger charge is -2.03. The summed E-state index contributed by atoms with van der Waals surface area (Å²) in [6, 6.07) is 3.75. The molecule has 0 fully saturated rings. The van der Waals surface area contributed by atoms with Crippen LogP contribution < -0.4 is 11.3 Å². The number of aliphatic imine (C=N–C) groups is 1. The molecule has 0 amide bonds. The molecule has 1 aromatic rings. The molecule has 0 spiro atoms. The van der Waals surface area contributed by atoms with Crippen LogP contribution in [0.5, 0.6) is 0 Å². The number of nitrogens with two attached hydrogens (primary N) is 1. The molecule has 0 aliphatic heterocycles. The van der Waals surface area contributed by atoms with Crippen LogP contribution >= 0.6 is 0 Å². The van der Waals surface area contributed by atoms with Crippen molar-refractivity contribution in [1.29, 1.82) is 0 Å². The second-order valence-electron chi connectivity index (χ2n) is 2.21. The second-order valence-corrected chi connectivity index (χ2v) is 2.21. The Morgan fingerprint density at radius 3 is 3.08 bits per heavy atom. The van der Waals surface area contributed by atoms with Crippen molar-refractivity contribution in [3.63, 3.8) is 0 Å². The lowest BCUT2D eigenvalue weighted by molar-refractivity contribution is 0.989. The molecule has 1 heterocycles. The summed E-state index contributed by atoms with van der Waals surface area (Å²) in [5, 5.41) is 0. The third-order valence-corrected chi connectivity index (χ3v) is 1.39. The quantitative estimate of drug-likeness (QED) is 0.286. The van der Waals surface area contributed by atoms with E-state index < -0.39 is 0 Å². The molecule has 3 N–H and O–H groups in total. The van der Waals surface area contributed by atoms with Gasteiger partial charge in [0.1, 0.15) is 5.84 Å². The summed E-state index contributed by atoms with van der Waals surface area (Å²) in [7, 11) is 0. The van der Waals surface area contributed by atoms with Crippen LogP contribution in [0.1, 0.15) is 12.5 Å². The van der Waals surface area contributed by atoms with Crippen molar-refractivity contribution in [3.8, 4) is 0 Å². The van der Waals surface area contributed by atoms with Gasteiger partial charge in [0.05, 0.1) is 0 Å². The fraction of sp³-hybridized carbons (Fsp3) is 0.250. The van der Waals surface area contributed by atoms with Crippen molar-refractivity contribution in [2.24, 2.45) is 10.8 Å². The summed E-state index contributed by atoms with van der Waals surface area (Å²) < 4.78 is 0. The zero-order chi connectivity index (χ0) is 8.81. The number of rotatable bonds is 2. The number of pyridine rings is 1. The van der Waals surface area contributed by atoms with Crippen LogP contribution in [0.25, 0.3) is 0 Å². The highest BCUT2D eigenvalue weighted by molar-refractivity contribution is 5.97. The van der Waals surface area contributed by atoms with E-state index in [2.05, 4.69) is 15.4 Å². The first-order chi connectivity index (χ1) is 5.88. The van der Waals surface area contributed by atoms with E-state index in [9.17, 15) is 0 Å². The highest BCUT2D eigenvalue weighted by Gasteiger charge is 1.98. The summed E-state index contributed by atoms with van der Waals surface area (Å²) in [4.78, 5) is 8.11. The van der Waals surface area contributed by atoms with E-state index in [1.165, 1.54) is 0 Å². The average Bonchev–Trinajstić information content (AvgIpc) is 2.15. The molecule has 0 bridgehead atoms. The molecule has 0 radical (unpaired) electrons. The normalized spacial score (nSPS) is 11.3. The fourth-order valence-corrected chi connectivity index (χ4v) is 0.881. The Kier molecular flexibility index (Phi) is 3.22. The molecule has 12 heavy (non-hydrogen) atoms. The van der Waals surface area contributed by atoms with Gasteiger partial charge in [-0.2, -0.15) is 0 Å². The summed E-state index contributed by atoms with van der Waals surface area (Å²) in [5.41, 5.74) is 3.43. The minimum absolute atomic E-state index is 0.672. The molecule has 64 valence electrons. The van der Waals surface area contributed by atoms with Gasteiger partial charge in [-0.3, -0.25) is 9.98 Å². The summed E-state index contributed by atoms with van der Waals surface area (Å²) in [6.45, 7) is 2.65. The molecule has 1 rings (SSSR count). The fourth-order valence-electron chi connectivity index (χ4n) is 0.881. The van der Waals surface area contributed by atoms with Crippen LogP contribution in [0.15, 0.2) is 29.5 Å². The average molecular weight is 164 g/mol. The van der Waals surface area contributed by atoms with Gasteiger partial charge in [0.15, 0.2) is 0 Å². The highest BCUT2D eigenvalue weighted by Crippen LogP contribution is 1.95. The molecule has 0 saturated carbocycles. The van der Waals surface area contributed by atoms with E-state index in [4.69, 9.17) is 5.84 Å². The molecule has 1 aromatic heterocycles. The Hall–Kier alpha value is -1.42. The Balaban J connectivity index is 2.88. The Labute approximate surface area is 71.5 Å². The van der Waals surface area contributed by atoms with Gasteiger partial charge < -0.3 is 5.43 Å². The minimum Gasteiger partial charge on any atom is -0.308 e. The molecule has 0 aromatic carbocycles. The van der Waals surface area contributed by atoms with Gasteiger partial charge in [0.2, 0.25) is 0 Å². The number of nitrogens with one attached hydrogen (secondary N) is 1. The third kappa shape index (κ3) is 2.03. The Bertz CT molecular complexity index is 255. The van der Waals surface area contributed by atoms with Crippen LogP contribution in [-0.2, 0) is 0 Å². The molecule has 4 heteroatoms. The number of amidine groups is 1. The molecule has 0 aliphatic carbocycles. The maximum absolute atomic E-state index is 5.28. The topological polar surface area (TPSA) is 63.3 Å². The number of hydrogen-bond donors (Lipinski definition) is 2. The first-order valence-corrected chi connectivity index (χ1v) is 3.80. The van der Waals surface area contributed by atoms with Crippen LogP contribution in [0, 0.1) is 0 Å². The molecular weight excluding hydrogens is 152 g/mol. The summed E-state index contributed by atoms with van der Waals surface area (Å²) >= 11 is 0. The number of aromatic nitrogens is 1. The Morgan fingerprint density at radius 1 is 1.75 bits per heavy atom. The maximum Gasteiger partial charge on any atom is 0.144 e. The number of hydrogen-bond acceptors (Lipinski definition) is 3. The van der Waals surface area contributed by atoms with Gasteiger partial charge in [-0.15, -0.1) is 0 Å². The van der Waals surface area contributed by atoms with Crippen LogP contribution in [0.2, 0.25) is 0 Å².